The highest BCUT2D eigenvalue weighted by Gasteiger charge is 2.15. The maximum Gasteiger partial charge on any atom is 0.224 e. The number of para-hydroxylation sites is 1. The lowest BCUT2D eigenvalue weighted by molar-refractivity contribution is 0.575. The second-order valence-electron chi connectivity index (χ2n) is 3.88. The van der Waals surface area contributed by atoms with Crippen LogP contribution in [0.3, 0.4) is 0 Å². The van der Waals surface area contributed by atoms with Gasteiger partial charge in [0.25, 0.3) is 0 Å². The molecule has 4 nitrogen and oxygen atoms in total. The quantitative estimate of drug-likeness (QED) is 0.747. The average molecular weight is 232 g/mol. The van der Waals surface area contributed by atoms with Gasteiger partial charge in [-0.15, -0.1) is 0 Å². The SMILES string of the molecule is N=c1n(-c2ccccc2)c(=S)n2n1CCC2. The summed E-state index contributed by atoms with van der Waals surface area (Å²) in [6.07, 6.45) is 1.07. The Morgan fingerprint density at radius 3 is 2.44 bits per heavy atom. The molecule has 0 unspecified atom stereocenters. The van der Waals surface area contributed by atoms with E-state index in [-0.39, 0.29) is 0 Å². The van der Waals surface area contributed by atoms with Crippen molar-refractivity contribution in [3.63, 3.8) is 0 Å². The molecule has 1 aromatic carbocycles. The number of fused-ring (bicyclic) bond motifs is 1. The number of benzene rings is 1. The summed E-state index contributed by atoms with van der Waals surface area (Å²) in [5, 5.41) is 8.12. The van der Waals surface area contributed by atoms with Crippen LogP contribution in [0.25, 0.3) is 5.69 Å². The Balaban J connectivity index is 2.32. The van der Waals surface area contributed by atoms with Gasteiger partial charge in [-0.3, -0.25) is 19.3 Å². The zero-order valence-corrected chi connectivity index (χ0v) is 9.57. The van der Waals surface area contributed by atoms with Crippen LogP contribution in [0.5, 0.6) is 0 Å². The number of hydrogen-bond acceptors (Lipinski definition) is 2. The highest BCUT2D eigenvalue weighted by atomic mass is 32.1. The van der Waals surface area contributed by atoms with Crippen molar-refractivity contribution < 1.29 is 0 Å². The minimum absolute atomic E-state index is 0.466. The summed E-state index contributed by atoms with van der Waals surface area (Å²) >= 11 is 5.41. The summed E-state index contributed by atoms with van der Waals surface area (Å²) in [5.74, 6) is 0. The molecule has 1 aromatic heterocycles. The van der Waals surface area contributed by atoms with Gasteiger partial charge in [0.2, 0.25) is 10.4 Å². The van der Waals surface area contributed by atoms with Crippen molar-refractivity contribution in [1.29, 1.82) is 5.41 Å². The third kappa shape index (κ3) is 1.21. The number of hydrogen-bond donors (Lipinski definition) is 1. The first-order valence-electron chi connectivity index (χ1n) is 5.32. The molecular formula is C11H12N4S. The molecule has 0 aliphatic carbocycles. The first-order chi connectivity index (χ1) is 7.79. The summed E-state index contributed by atoms with van der Waals surface area (Å²) in [7, 11) is 0. The van der Waals surface area contributed by atoms with Crippen molar-refractivity contribution in [1.82, 2.24) is 13.9 Å². The van der Waals surface area contributed by atoms with Crippen LogP contribution >= 0.6 is 12.2 Å². The lowest BCUT2D eigenvalue weighted by atomic mass is 10.3. The van der Waals surface area contributed by atoms with Gasteiger partial charge in [-0.25, -0.2) is 0 Å². The maximum absolute atomic E-state index is 8.12. The van der Waals surface area contributed by atoms with E-state index in [2.05, 4.69) is 0 Å². The first kappa shape index (κ1) is 9.59. The van der Waals surface area contributed by atoms with Gasteiger partial charge in [0, 0.05) is 13.1 Å². The smallest absolute Gasteiger partial charge is 0.224 e. The Hall–Kier alpha value is -1.62. The van der Waals surface area contributed by atoms with Crippen LogP contribution in [0.4, 0.5) is 0 Å². The van der Waals surface area contributed by atoms with Gasteiger partial charge in [-0.1, -0.05) is 18.2 Å². The Bertz CT molecular complexity index is 597. The number of rotatable bonds is 1. The van der Waals surface area contributed by atoms with E-state index in [1.54, 1.807) is 0 Å². The molecule has 1 aliphatic heterocycles. The van der Waals surface area contributed by atoms with Gasteiger partial charge in [-0.2, -0.15) is 0 Å². The molecule has 0 bridgehead atoms. The van der Waals surface area contributed by atoms with Gasteiger partial charge in [0.15, 0.2) is 0 Å². The number of nitrogens with one attached hydrogen (secondary N) is 1. The normalized spacial score (nSPS) is 14.0. The van der Waals surface area contributed by atoms with Crippen LogP contribution in [-0.4, -0.2) is 13.9 Å². The maximum atomic E-state index is 8.12. The molecule has 3 rings (SSSR count). The van der Waals surface area contributed by atoms with Crippen molar-refractivity contribution in [3.05, 3.63) is 40.7 Å². The molecule has 5 heteroatoms. The Morgan fingerprint density at radius 2 is 1.75 bits per heavy atom. The summed E-state index contributed by atoms with van der Waals surface area (Å²) in [4.78, 5) is 0. The Kier molecular flexibility index (Phi) is 2.07. The Labute approximate surface area is 97.9 Å². The van der Waals surface area contributed by atoms with E-state index < -0.39 is 0 Å². The second kappa shape index (κ2) is 3.45. The van der Waals surface area contributed by atoms with Crippen LogP contribution < -0.4 is 5.62 Å². The van der Waals surface area contributed by atoms with E-state index in [9.17, 15) is 0 Å². The van der Waals surface area contributed by atoms with Crippen molar-refractivity contribution in [2.24, 2.45) is 0 Å². The van der Waals surface area contributed by atoms with E-state index in [1.807, 2.05) is 44.3 Å². The highest BCUT2D eigenvalue weighted by Crippen LogP contribution is 2.10. The van der Waals surface area contributed by atoms with Crippen molar-refractivity contribution in [2.75, 3.05) is 0 Å². The molecular weight excluding hydrogens is 220 g/mol. The standard InChI is InChI=1S/C11H12N4S/c12-10-13-7-4-8-14(13)11(16)15(10)9-5-2-1-3-6-9/h1-3,5-6,12H,4,7-8H2. The largest absolute Gasteiger partial charge is 0.267 e. The molecule has 0 spiro atoms. The summed E-state index contributed by atoms with van der Waals surface area (Å²) in [5.41, 5.74) is 1.43. The van der Waals surface area contributed by atoms with Crippen LogP contribution in [-0.2, 0) is 13.1 Å². The zero-order chi connectivity index (χ0) is 11.1. The zero-order valence-electron chi connectivity index (χ0n) is 8.76. The third-order valence-corrected chi connectivity index (χ3v) is 3.31. The number of nitrogens with zero attached hydrogens (tertiary/aromatic N) is 3. The monoisotopic (exact) mass is 232 g/mol. The van der Waals surface area contributed by atoms with Crippen molar-refractivity contribution in [3.8, 4) is 5.69 Å². The van der Waals surface area contributed by atoms with Gasteiger partial charge < -0.3 is 0 Å². The predicted octanol–water partition coefficient (Wildman–Crippen LogP) is 1.69. The summed E-state index contributed by atoms with van der Waals surface area (Å²) < 4.78 is 6.47. The molecule has 0 amide bonds. The van der Waals surface area contributed by atoms with Crippen molar-refractivity contribution in [2.45, 2.75) is 19.5 Å². The van der Waals surface area contributed by atoms with Gasteiger partial charge in [0.1, 0.15) is 0 Å². The van der Waals surface area contributed by atoms with E-state index in [0.29, 0.717) is 10.4 Å². The van der Waals surface area contributed by atoms with Gasteiger partial charge >= 0.3 is 0 Å². The molecule has 2 aromatic rings. The van der Waals surface area contributed by atoms with Crippen LogP contribution in [0.2, 0.25) is 0 Å². The summed E-state index contributed by atoms with van der Waals surface area (Å²) in [6, 6.07) is 9.84. The number of aromatic nitrogens is 3. The lowest BCUT2D eigenvalue weighted by Crippen LogP contribution is -2.23. The molecule has 2 heterocycles. The van der Waals surface area contributed by atoms with E-state index in [4.69, 9.17) is 17.6 Å². The van der Waals surface area contributed by atoms with Gasteiger partial charge in [0.05, 0.1) is 5.69 Å². The lowest BCUT2D eigenvalue weighted by Gasteiger charge is -2.01. The molecule has 16 heavy (non-hydrogen) atoms. The molecule has 0 fully saturated rings. The fourth-order valence-corrected chi connectivity index (χ4v) is 2.54. The molecule has 0 saturated carbocycles. The van der Waals surface area contributed by atoms with Crippen molar-refractivity contribution >= 4 is 12.2 Å². The van der Waals surface area contributed by atoms with Crippen LogP contribution in [0.1, 0.15) is 6.42 Å². The van der Waals surface area contributed by atoms with Gasteiger partial charge in [-0.05, 0) is 30.8 Å². The molecule has 0 saturated heterocycles. The van der Waals surface area contributed by atoms with E-state index >= 15 is 0 Å². The fourth-order valence-electron chi connectivity index (χ4n) is 2.16. The molecule has 82 valence electrons. The second-order valence-corrected chi connectivity index (χ2v) is 4.24. The van der Waals surface area contributed by atoms with E-state index in [1.165, 1.54) is 0 Å². The molecule has 1 aliphatic rings. The minimum atomic E-state index is 0.466. The average Bonchev–Trinajstić information content (AvgIpc) is 2.86. The molecule has 0 radical (unpaired) electrons. The van der Waals surface area contributed by atoms with Crippen LogP contribution in [0, 0.1) is 10.2 Å². The summed E-state index contributed by atoms with van der Waals surface area (Å²) in [6.45, 7) is 1.81. The minimum Gasteiger partial charge on any atom is -0.267 e. The van der Waals surface area contributed by atoms with Crippen LogP contribution in [0.15, 0.2) is 30.3 Å². The molecule has 1 N–H and O–H groups in total. The first-order valence-corrected chi connectivity index (χ1v) is 5.72. The topological polar surface area (TPSA) is 38.6 Å². The molecule has 0 atom stereocenters. The highest BCUT2D eigenvalue weighted by molar-refractivity contribution is 7.71. The van der Waals surface area contributed by atoms with E-state index in [0.717, 1.165) is 25.2 Å². The Morgan fingerprint density at radius 1 is 1.06 bits per heavy atom. The third-order valence-electron chi connectivity index (χ3n) is 2.91. The fraction of sp³-hybridized carbons (Fsp3) is 0.273. The predicted molar refractivity (Wildman–Crippen MR) is 63.1 cm³/mol.